The summed E-state index contributed by atoms with van der Waals surface area (Å²) in [6.45, 7) is 6.24. The number of likely N-dealkylation sites (N-methyl/N-ethyl adjacent to an activating group) is 1. The van der Waals surface area contributed by atoms with Crippen LogP contribution in [0.3, 0.4) is 0 Å². The topological polar surface area (TPSA) is 61.4 Å². The lowest BCUT2D eigenvalue weighted by molar-refractivity contribution is -0.133. The van der Waals surface area contributed by atoms with Crippen molar-refractivity contribution < 1.29 is 9.59 Å². The summed E-state index contributed by atoms with van der Waals surface area (Å²) in [4.78, 5) is 24.9. The van der Waals surface area contributed by atoms with Gasteiger partial charge in [0.2, 0.25) is 11.8 Å². The normalized spacial score (nSPS) is 18.4. The zero-order chi connectivity index (χ0) is 12.0. The van der Waals surface area contributed by atoms with Gasteiger partial charge in [0.25, 0.3) is 0 Å². The predicted molar refractivity (Wildman–Crippen MR) is 69.2 cm³/mol. The zero-order valence-electron chi connectivity index (χ0n) is 10.5. The average molecular weight is 264 g/mol. The van der Waals surface area contributed by atoms with Crippen LogP contribution in [0.2, 0.25) is 0 Å². The summed E-state index contributed by atoms with van der Waals surface area (Å²) in [5.41, 5.74) is 0. The molecule has 17 heavy (non-hydrogen) atoms. The molecule has 0 aromatic rings. The Hall–Kier alpha value is -0.810. The van der Waals surface area contributed by atoms with E-state index in [9.17, 15) is 9.59 Å². The molecule has 1 atom stereocenters. The van der Waals surface area contributed by atoms with Gasteiger partial charge in [-0.2, -0.15) is 0 Å². The highest BCUT2D eigenvalue weighted by atomic mass is 35.5. The Morgan fingerprint density at radius 1 is 1.35 bits per heavy atom. The van der Waals surface area contributed by atoms with E-state index >= 15 is 0 Å². The van der Waals surface area contributed by atoms with E-state index in [1.54, 1.807) is 4.90 Å². The van der Waals surface area contributed by atoms with Crippen molar-refractivity contribution >= 4 is 24.2 Å². The fourth-order valence-corrected chi connectivity index (χ4v) is 1.88. The second-order valence-electron chi connectivity index (χ2n) is 3.93. The highest BCUT2D eigenvalue weighted by Gasteiger charge is 2.22. The third-order valence-corrected chi connectivity index (χ3v) is 2.91. The first-order chi connectivity index (χ1) is 7.69. The summed E-state index contributed by atoms with van der Waals surface area (Å²) in [6.07, 6.45) is 1.90. The second-order valence-corrected chi connectivity index (χ2v) is 3.93. The number of nitrogens with one attached hydrogen (secondary N) is 2. The van der Waals surface area contributed by atoms with Gasteiger partial charge in [0.05, 0.1) is 12.6 Å². The molecule has 5 nitrogen and oxygen atoms in total. The van der Waals surface area contributed by atoms with Gasteiger partial charge >= 0.3 is 0 Å². The van der Waals surface area contributed by atoms with E-state index in [-0.39, 0.29) is 36.8 Å². The number of halogens is 1. The highest BCUT2D eigenvalue weighted by molar-refractivity contribution is 5.87. The number of carbonyl (C=O) groups excluding carboxylic acids is 2. The molecule has 2 N–H and O–H groups in total. The van der Waals surface area contributed by atoms with E-state index in [2.05, 4.69) is 10.6 Å². The van der Waals surface area contributed by atoms with Gasteiger partial charge in [-0.15, -0.1) is 12.4 Å². The van der Waals surface area contributed by atoms with Crippen LogP contribution in [-0.2, 0) is 9.59 Å². The van der Waals surface area contributed by atoms with Crippen molar-refractivity contribution in [3.63, 3.8) is 0 Å². The van der Waals surface area contributed by atoms with Gasteiger partial charge in [0.15, 0.2) is 0 Å². The molecule has 100 valence electrons. The molecule has 1 saturated heterocycles. The molecule has 0 aromatic carbocycles. The number of hydrogen-bond acceptors (Lipinski definition) is 3. The Morgan fingerprint density at radius 2 is 2.00 bits per heavy atom. The molecule has 1 rings (SSSR count). The minimum absolute atomic E-state index is 0. The third-order valence-electron chi connectivity index (χ3n) is 2.91. The van der Waals surface area contributed by atoms with Gasteiger partial charge in [-0.05, 0) is 33.2 Å². The maximum atomic E-state index is 11.6. The van der Waals surface area contributed by atoms with Gasteiger partial charge in [0, 0.05) is 13.1 Å². The van der Waals surface area contributed by atoms with E-state index in [4.69, 9.17) is 0 Å². The summed E-state index contributed by atoms with van der Waals surface area (Å²) in [7, 11) is 0. The van der Waals surface area contributed by atoms with Gasteiger partial charge < -0.3 is 15.5 Å². The molecule has 0 saturated carbocycles. The standard InChI is InChI=1S/C11H21N3O2.ClH/c1-3-14(4-2)10(15)8-13-11(16)9-6-5-7-12-9;/h9,12H,3-8H2,1-2H3,(H,13,16);1H. The highest BCUT2D eigenvalue weighted by Crippen LogP contribution is 2.04. The van der Waals surface area contributed by atoms with Crippen LogP contribution in [0.1, 0.15) is 26.7 Å². The molecular weight excluding hydrogens is 242 g/mol. The molecule has 0 radical (unpaired) electrons. The maximum Gasteiger partial charge on any atom is 0.241 e. The molecule has 1 unspecified atom stereocenters. The van der Waals surface area contributed by atoms with Gasteiger partial charge in [-0.3, -0.25) is 9.59 Å². The van der Waals surface area contributed by atoms with Gasteiger partial charge in [-0.25, -0.2) is 0 Å². The zero-order valence-corrected chi connectivity index (χ0v) is 11.3. The molecule has 0 aliphatic carbocycles. The van der Waals surface area contributed by atoms with E-state index in [1.807, 2.05) is 13.8 Å². The second kappa shape index (κ2) is 8.31. The minimum atomic E-state index is -0.107. The molecule has 6 heteroatoms. The maximum absolute atomic E-state index is 11.6. The molecule has 0 bridgehead atoms. The number of hydrogen-bond donors (Lipinski definition) is 2. The van der Waals surface area contributed by atoms with Crippen molar-refractivity contribution in [3.05, 3.63) is 0 Å². The first-order valence-corrected chi connectivity index (χ1v) is 5.97. The molecule has 1 fully saturated rings. The number of rotatable bonds is 5. The Labute approximate surface area is 109 Å². The fourth-order valence-electron chi connectivity index (χ4n) is 1.88. The van der Waals surface area contributed by atoms with Crippen molar-refractivity contribution in [2.24, 2.45) is 0 Å². The van der Waals surface area contributed by atoms with Crippen molar-refractivity contribution in [1.82, 2.24) is 15.5 Å². The van der Waals surface area contributed by atoms with E-state index in [1.165, 1.54) is 0 Å². The van der Waals surface area contributed by atoms with Crippen LogP contribution in [0.5, 0.6) is 0 Å². The lowest BCUT2D eigenvalue weighted by atomic mass is 10.2. The van der Waals surface area contributed by atoms with Crippen LogP contribution >= 0.6 is 12.4 Å². The molecule has 0 aromatic heterocycles. The van der Waals surface area contributed by atoms with E-state index < -0.39 is 0 Å². The molecule has 1 heterocycles. The lowest BCUT2D eigenvalue weighted by Crippen LogP contribution is -2.45. The molecule has 1 aliphatic rings. The van der Waals surface area contributed by atoms with Crippen LogP contribution in [0.4, 0.5) is 0 Å². The van der Waals surface area contributed by atoms with Gasteiger partial charge in [-0.1, -0.05) is 0 Å². The summed E-state index contributed by atoms with van der Waals surface area (Å²) in [5.74, 6) is -0.0747. The Morgan fingerprint density at radius 3 is 2.47 bits per heavy atom. The summed E-state index contributed by atoms with van der Waals surface area (Å²) in [6, 6.07) is -0.107. The first-order valence-electron chi connectivity index (χ1n) is 5.97. The quantitative estimate of drug-likeness (QED) is 0.742. The molecule has 1 aliphatic heterocycles. The number of carbonyl (C=O) groups is 2. The minimum Gasteiger partial charge on any atom is -0.346 e. The average Bonchev–Trinajstić information content (AvgIpc) is 2.81. The molecule has 0 spiro atoms. The van der Waals surface area contributed by atoms with Crippen molar-refractivity contribution in [2.45, 2.75) is 32.7 Å². The monoisotopic (exact) mass is 263 g/mol. The largest absolute Gasteiger partial charge is 0.346 e. The number of amides is 2. The summed E-state index contributed by atoms with van der Waals surface area (Å²) in [5, 5.41) is 5.78. The van der Waals surface area contributed by atoms with Gasteiger partial charge in [0.1, 0.15) is 0 Å². The van der Waals surface area contributed by atoms with E-state index in [0.717, 1.165) is 19.4 Å². The Balaban J connectivity index is 0.00000256. The van der Waals surface area contributed by atoms with Crippen LogP contribution < -0.4 is 10.6 Å². The molecule has 2 amide bonds. The lowest BCUT2D eigenvalue weighted by Gasteiger charge is -2.19. The molecular formula is C11H22ClN3O2. The first kappa shape index (κ1) is 16.2. The fraction of sp³-hybridized carbons (Fsp3) is 0.818. The van der Waals surface area contributed by atoms with Crippen LogP contribution in [0.15, 0.2) is 0 Å². The Bertz CT molecular complexity index is 237. The Kier molecular flexibility index (Phi) is 7.91. The third kappa shape index (κ3) is 4.91. The van der Waals surface area contributed by atoms with E-state index in [0.29, 0.717) is 13.1 Å². The SMILES string of the molecule is CCN(CC)C(=O)CNC(=O)C1CCCN1.Cl. The van der Waals surface area contributed by atoms with Crippen LogP contribution in [0, 0.1) is 0 Å². The summed E-state index contributed by atoms with van der Waals surface area (Å²) < 4.78 is 0. The summed E-state index contributed by atoms with van der Waals surface area (Å²) >= 11 is 0. The van der Waals surface area contributed by atoms with Crippen molar-refractivity contribution in [2.75, 3.05) is 26.2 Å². The van der Waals surface area contributed by atoms with Crippen molar-refractivity contribution in [3.8, 4) is 0 Å². The van der Waals surface area contributed by atoms with Crippen molar-refractivity contribution in [1.29, 1.82) is 0 Å². The van der Waals surface area contributed by atoms with Crippen LogP contribution in [-0.4, -0.2) is 48.9 Å². The number of nitrogens with zero attached hydrogens (tertiary/aromatic N) is 1. The smallest absolute Gasteiger partial charge is 0.241 e. The van der Waals surface area contributed by atoms with Crippen LogP contribution in [0.25, 0.3) is 0 Å². The predicted octanol–water partition coefficient (Wildman–Crippen LogP) is 0.145.